The highest BCUT2D eigenvalue weighted by atomic mass is 16.4. The van der Waals surface area contributed by atoms with Gasteiger partial charge < -0.3 is 10.4 Å². The Morgan fingerprint density at radius 3 is 2.67 bits per heavy atom. The van der Waals surface area contributed by atoms with Crippen LogP contribution in [0.3, 0.4) is 0 Å². The molecule has 0 aromatic heterocycles. The number of hydrogen-bond donors (Lipinski definition) is 2. The standard InChI is InChI=1S/C16H20N2O3/c1-4-7-13(3)17-16(21)18(11-10-15(19)20)14-9-6-5-8-12(14)2/h1,5-6,8-9,13H,7,10-11H2,2-3H3,(H,17,21)(H,19,20). The first kappa shape index (κ1) is 16.6. The van der Waals surface area contributed by atoms with Crippen LogP contribution in [0.2, 0.25) is 0 Å². The first-order chi connectivity index (χ1) is 9.95. The van der Waals surface area contributed by atoms with Gasteiger partial charge in [-0.1, -0.05) is 18.2 Å². The van der Waals surface area contributed by atoms with E-state index in [0.717, 1.165) is 5.56 Å². The molecule has 0 aliphatic carbocycles. The molecule has 0 aliphatic heterocycles. The molecule has 2 amide bonds. The van der Waals surface area contributed by atoms with Crippen molar-refractivity contribution in [1.29, 1.82) is 0 Å². The summed E-state index contributed by atoms with van der Waals surface area (Å²) in [5.74, 6) is 1.54. The maximum atomic E-state index is 12.3. The summed E-state index contributed by atoms with van der Waals surface area (Å²) in [7, 11) is 0. The molecule has 0 bridgehead atoms. The predicted octanol–water partition coefficient (Wildman–Crippen LogP) is 2.40. The van der Waals surface area contributed by atoms with E-state index in [2.05, 4.69) is 11.2 Å². The Kier molecular flexibility index (Phi) is 6.28. The van der Waals surface area contributed by atoms with Gasteiger partial charge in [-0.05, 0) is 25.5 Å². The summed E-state index contributed by atoms with van der Waals surface area (Å²) in [6.45, 7) is 3.79. The lowest BCUT2D eigenvalue weighted by Gasteiger charge is -2.25. The van der Waals surface area contributed by atoms with Crippen LogP contribution in [0.4, 0.5) is 10.5 Å². The number of amides is 2. The zero-order valence-electron chi connectivity index (χ0n) is 12.3. The van der Waals surface area contributed by atoms with Gasteiger partial charge in [0.2, 0.25) is 0 Å². The van der Waals surface area contributed by atoms with Crippen molar-refractivity contribution >= 4 is 17.7 Å². The Labute approximate surface area is 125 Å². The second kappa shape index (κ2) is 7.95. The zero-order valence-corrected chi connectivity index (χ0v) is 12.3. The Morgan fingerprint density at radius 1 is 1.43 bits per heavy atom. The molecule has 112 valence electrons. The summed E-state index contributed by atoms with van der Waals surface area (Å²) < 4.78 is 0. The highest BCUT2D eigenvalue weighted by molar-refractivity contribution is 5.93. The van der Waals surface area contributed by atoms with E-state index in [9.17, 15) is 9.59 Å². The zero-order chi connectivity index (χ0) is 15.8. The van der Waals surface area contributed by atoms with E-state index < -0.39 is 5.97 Å². The molecule has 1 aromatic carbocycles. The fraction of sp³-hybridized carbons (Fsp3) is 0.375. The van der Waals surface area contributed by atoms with Crippen molar-refractivity contribution in [2.45, 2.75) is 32.7 Å². The number of carbonyl (C=O) groups excluding carboxylic acids is 1. The topological polar surface area (TPSA) is 69.6 Å². The lowest BCUT2D eigenvalue weighted by Crippen LogP contribution is -2.45. The van der Waals surface area contributed by atoms with Gasteiger partial charge in [0.25, 0.3) is 0 Å². The number of benzene rings is 1. The van der Waals surface area contributed by atoms with Crippen molar-refractivity contribution in [3.63, 3.8) is 0 Å². The summed E-state index contributed by atoms with van der Waals surface area (Å²) in [5.41, 5.74) is 1.60. The number of rotatable bonds is 6. The van der Waals surface area contributed by atoms with Gasteiger partial charge in [-0.3, -0.25) is 9.69 Å². The van der Waals surface area contributed by atoms with Gasteiger partial charge in [0.15, 0.2) is 0 Å². The van der Waals surface area contributed by atoms with Crippen LogP contribution < -0.4 is 10.2 Å². The Hall–Kier alpha value is -2.48. The van der Waals surface area contributed by atoms with Crippen LogP contribution in [0, 0.1) is 19.3 Å². The van der Waals surface area contributed by atoms with Crippen LogP contribution in [0.15, 0.2) is 24.3 Å². The number of hydrogen-bond acceptors (Lipinski definition) is 2. The average molecular weight is 288 g/mol. The molecule has 1 rings (SSSR count). The average Bonchev–Trinajstić information content (AvgIpc) is 2.40. The van der Waals surface area contributed by atoms with E-state index in [-0.39, 0.29) is 25.0 Å². The minimum atomic E-state index is -0.946. The van der Waals surface area contributed by atoms with Gasteiger partial charge in [0.1, 0.15) is 0 Å². The van der Waals surface area contributed by atoms with Gasteiger partial charge in [-0.25, -0.2) is 4.79 Å². The summed E-state index contributed by atoms with van der Waals surface area (Å²) in [6, 6.07) is 6.85. The van der Waals surface area contributed by atoms with Gasteiger partial charge >= 0.3 is 12.0 Å². The van der Waals surface area contributed by atoms with Crippen LogP contribution in [0.5, 0.6) is 0 Å². The number of nitrogens with zero attached hydrogens (tertiary/aromatic N) is 1. The third-order valence-electron chi connectivity index (χ3n) is 2.99. The molecule has 0 heterocycles. The Balaban J connectivity index is 2.92. The number of aryl methyl sites for hydroxylation is 1. The summed E-state index contributed by atoms with van der Waals surface area (Å²) in [5, 5.41) is 11.6. The molecule has 0 aliphatic rings. The molecule has 1 atom stereocenters. The minimum absolute atomic E-state index is 0.106. The smallest absolute Gasteiger partial charge is 0.322 e. The number of anilines is 1. The van der Waals surface area contributed by atoms with Crippen LogP contribution >= 0.6 is 0 Å². The number of aliphatic carboxylic acids is 1. The Morgan fingerprint density at radius 2 is 2.10 bits per heavy atom. The molecular formula is C16H20N2O3. The summed E-state index contributed by atoms with van der Waals surface area (Å²) >= 11 is 0. The number of para-hydroxylation sites is 1. The molecule has 21 heavy (non-hydrogen) atoms. The fourth-order valence-electron chi connectivity index (χ4n) is 1.92. The van der Waals surface area contributed by atoms with Gasteiger partial charge in [0.05, 0.1) is 6.42 Å². The molecule has 0 radical (unpaired) electrons. The molecule has 0 saturated heterocycles. The van der Waals surface area contributed by atoms with Gasteiger partial charge in [0, 0.05) is 24.7 Å². The lowest BCUT2D eigenvalue weighted by molar-refractivity contribution is -0.136. The number of carbonyl (C=O) groups is 2. The summed E-state index contributed by atoms with van der Waals surface area (Å²) in [4.78, 5) is 24.6. The van der Waals surface area contributed by atoms with Gasteiger partial charge in [-0.15, -0.1) is 12.3 Å². The molecule has 5 heteroatoms. The second-order valence-electron chi connectivity index (χ2n) is 4.84. The maximum Gasteiger partial charge on any atom is 0.322 e. The van der Waals surface area contributed by atoms with Crippen LogP contribution in [0.25, 0.3) is 0 Å². The molecule has 5 nitrogen and oxygen atoms in total. The van der Waals surface area contributed by atoms with Crippen molar-refractivity contribution in [1.82, 2.24) is 5.32 Å². The van der Waals surface area contributed by atoms with E-state index in [4.69, 9.17) is 11.5 Å². The van der Waals surface area contributed by atoms with Crippen molar-refractivity contribution in [2.24, 2.45) is 0 Å². The van der Waals surface area contributed by atoms with Gasteiger partial charge in [-0.2, -0.15) is 0 Å². The van der Waals surface area contributed by atoms with Crippen molar-refractivity contribution < 1.29 is 14.7 Å². The molecule has 2 N–H and O–H groups in total. The number of terminal acetylenes is 1. The first-order valence-electron chi connectivity index (χ1n) is 6.74. The molecule has 0 fully saturated rings. The maximum absolute atomic E-state index is 12.3. The normalized spacial score (nSPS) is 11.3. The molecule has 1 aromatic rings. The lowest BCUT2D eigenvalue weighted by atomic mass is 10.1. The fourth-order valence-corrected chi connectivity index (χ4v) is 1.92. The SMILES string of the molecule is C#CCC(C)NC(=O)N(CCC(=O)O)c1ccccc1C. The minimum Gasteiger partial charge on any atom is -0.481 e. The number of urea groups is 1. The van der Waals surface area contributed by atoms with E-state index in [0.29, 0.717) is 12.1 Å². The van der Waals surface area contributed by atoms with Crippen molar-refractivity contribution in [2.75, 3.05) is 11.4 Å². The number of carboxylic acids is 1. The van der Waals surface area contributed by atoms with Crippen LogP contribution in [-0.4, -0.2) is 29.7 Å². The first-order valence-corrected chi connectivity index (χ1v) is 6.74. The number of nitrogens with one attached hydrogen (secondary N) is 1. The third kappa shape index (κ3) is 5.19. The second-order valence-corrected chi connectivity index (χ2v) is 4.84. The van der Waals surface area contributed by atoms with E-state index in [1.165, 1.54) is 4.90 Å². The summed E-state index contributed by atoms with van der Waals surface area (Å²) in [6.07, 6.45) is 5.53. The predicted molar refractivity (Wildman–Crippen MR) is 82.2 cm³/mol. The van der Waals surface area contributed by atoms with E-state index >= 15 is 0 Å². The van der Waals surface area contributed by atoms with Crippen molar-refractivity contribution in [3.8, 4) is 12.3 Å². The van der Waals surface area contributed by atoms with E-state index in [1.807, 2.05) is 32.0 Å². The quantitative estimate of drug-likeness (QED) is 0.790. The highest BCUT2D eigenvalue weighted by Crippen LogP contribution is 2.20. The molecule has 0 spiro atoms. The monoisotopic (exact) mass is 288 g/mol. The van der Waals surface area contributed by atoms with E-state index in [1.54, 1.807) is 6.07 Å². The highest BCUT2D eigenvalue weighted by Gasteiger charge is 2.19. The van der Waals surface area contributed by atoms with Crippen molar-refractivity contribution in [3.05, 3.63) is 29.8 Å². The van der Waals surface area contributed by atoms with Crippen LogP contribution in [0.1, 0.15) is 25.3 Å². The third-order valence-corrected chi connectivity index (χ3v) is 2.99. The molecular weight excluding hydrogens is 268 g/mol. The Bertz CT molecular complexity index is 549. The number of carboxylic acid groups (broad SMARTS) is 1. The largest absolute Gasteiger partial charge is 0.481 e. The van der Waals surface area contributed by atoms with Crippen LogP contribution in [-0.2, 0) is 4.79 Å². The molecule has 0 saturated carbocycles. The molecule has 1 unspecified atom stereocenters.